The maximum absolute atomic E-state index is 11.7. The lowest BCUT2D eigenvalue weighted by Crippen LogP contribution is -2.49. The van der Waals surface area contributed by atoms with Crippen molar-refractivity contribution in [3.05, 3.63) is 29.3 Å². The van der Waals surface area contributed by atoms with Gasteiger partial charge in [-0.3, -0.25) is 9.69 Å². The van der Waals surface area contributed by atoms with Crippen molar-refractivity contribution in [3.8, 4) is 5.75 Å². The Morgan fingerprint density at radius 1 is 1.19 bits per heavy atom. The molecule has 0 spiro atoms. The minimum absolute atomic E-state index is 0.162. The zero-order valence-corrected chi connectivity index (χ0v) is 12.9. The first-order chi connectivity index (χ1) is 10.2. The van der Waals surface area contributed by atoms with Crippen LogP contribution in [0, 0.1) is 0 Å². The topological polar surface area (TPSA) is 58.8 Å². The van der Waals surface area contributed by atoms with Crippen LogP contribution in [0.15, 0.2) is 24.3 Å². The van der Waals surface area contributed by atoms with Crippen molar-refractivity contribution in [2.45, 2.75) is 6.42 Å². The summed E-state index contributed by atoms with van der Waals surface area (Å²) in [5, 5.41) is 0.709. The van der Waals surface area contributed by atoms with E-state index in [9.17, 15) is 4.79 Å². The van der Waals surface area contributed by atoms with E-state index in [4.69, 9.17) is 22.1 Å². The summed E-state index contributed by atoms with van der Waals surface area (Å²) in [6.45, 7) is 5.26. The van der Waals surface area contributed by atoms with Gasteiger partial charge in [-0.15, -0.1) is 0 Å². The number of ether oxygens (including phenoxy) is 1. The van der Waals surface area contributed by atoms with Crippen LogP contribution in [0.3, 0.4) is 0 Å². The van der Waals surface area contributed by atoms with Crippen LogP contribution in [0.5, 0.6) is 5.75 Å². The number of nitrogens with zero attached hydrogens (tertiary/aromatic N) is 2. The summed E-state index contributed by atoms with van der Waals surface area (Å²) in [5.74, 6) is 0.991. The van der Waals surface area contributed by atoms with E-state index in [2.05, 4.69) is 4.90 Å². The van der Waals surface area contributed by atoms with E-state index in [0.717, 1.165) is 38.5 Å². The predicted octanol–water partition coefficient (Wildman–Crippen LogP) is 1.21. The van der Waals surface area contributed by atoms with Gasteiger partial charge in [0, 0.05) is 50.7 Å². The number of halogens is 1. The number of carbonyl (C=O) groups excluding carboxylic acids is 1. The van der Waals surface area contributed by atoms with Gasteiger partial charge in [0.2, 0.25) is 5.91 Å². The van der Waals surface area contributed by atoms with E-state index >= 15 is 0 Å². The highest BCUT2D eigenvalue weighted by Crippen LogP contribution is 2.15. The predicted molar refractivity (Wildman–Crippen MR) is 83.6 cm³/mol. The van der Waals surface area contributed by atoms with Gasteiger partial charge in [-0.2, -0.15) is 0 Å². The molecule has 0 aromatic heterocycles. The third-order valence-electron chi connectivity index (χ3n) is 3.57. The summed E-state index contributed by atoms with van der Waals surface area (Å²) in [7, 11) is 0. The number of rotatable bonds is 6. The van der Waals surface area contributed by atoms with Crippen LogP contribution in [-0.2, 0) is 4.79 Å². The van der Waals surface area contributed by atoms with Gasteiger partial charge in [0.25, 0.3) is 0 Å². The molecule has 1 aliphatic heterocycles. The molecular formula is C15H22ClN3O2. The normalized spacial score (nSPS) is 16.0. The summed E-state index contributed by atoms with van der Waals surface area (Å²) in [4.78, 5) is 15.9. The molecule has 1 fully saturated rings. The van der Waals surface area contributed by atoms with Crippen molar-refractivity contribution in [3.63, 3.8) is 0 Å². The summed E-state index contributed by atoms with van der Waals surface area (Å²) in [6, 6.07) is 7.37. The molecule has 21 heavy (non-hydrogen) atoms. The van der Waals surface area contributed by atoms with Crippen LogP contribution in [0.25, 0.3) is 0 Å². The highest BCUT2D eigenvalue weighted by molar-refractivity contribution is 6.30. The average molecular weight is 312 g/mol. The number of piperazine rings is 1. The van der Waals surface area contributed by atoms with Crippen molar-refractivity contribution in [2.24, 2.45) is 5.73 Å². The first-order valence-corrected chi connectivity index (χ1v) is 7.65. The fourth-order valence-electron chi connectivity index (χ4n) is 2.33. The van der Waals surface area contributed by atoms with E-state index in [1.165, 1.54) is 0 Å². The maximum atomic E-state index is 11.7. The van der Waals surface area contributed by atoms with Crippen LogP contribution in [0.1, 0.15) is 6.42 Å². The van der Waals surface area contributed by atoms with E-state index in [1.807, 2.05) is 29.2 Å². The summed E-state index contributed by atoms with van der Waals surface area (Å²) >= 11 is 5.83. The molecule has 1 aliphatic rings. The fraction of sp³-hybridized carbons (Fsp3) is 0.533. The third-order valence-corrected chi connectivity index (χ3v) is 3.83. The Bertz CT molecular complexity index is 445. The van der Waals surface area contributed by atoms with Crippen molar-refractivity contribution >= 4 is 17.5 Å². The lowest BCUT2D eigenvalue weighted by molar-refractivity contribution is -0.132. The molecule has 116 valence electrons. The molecule has 0 aliphatic carbocycles. The first-order valence-electron chi connectivity index (χ1n) is 7.27. The Kier molecular flexibility index (Phi) is 6.29. The van der Waals surface area contributed by atoms with Gasteiger partial charge < -0.3 is 15.4 Å². The first kappa shape index (κ1) is 16.1. The highest BCUT2D eigenvalue weighted by Gasteiger charge is 2.20. The molecule has 1 heterocycles. The van der Waals surface area contributed by atoms with Crippen LogP contribution in [-0.4, -0.2) is 61.6 Å². The Morgan fingerprint density at radius 3 is 2.48 bits per heavy atom. The van der Waals surface area contributed by atoms with Crippen molar-refractivity contribution in [1.29, 1.82) is 0 Å². The van der Waals surface area contributed by atoms with Crippen LogP contribution >= 0.6 is 11.6 Å². The van der Waals surface area contributed by atoms with Gasteiger partial charge in [0.05, 0.1) is 0 Å². The Hall–Kier alpha value is -1.30. The Balaban J connectivity index is 1.65. The summed E-state index contributed by atoms with van der Waals surface area (Å²) in [6.07, 6.45) is 0.444. The van der Waals surface area contributed by atoms with Crippen molar-refractivity contribution in [1.82, 2.24) is 9.80 Å². The lowest BCUT2D eigenvalue weighted by Gasteiger charge is -2.34. The second kappa shape index (κ2) is 8.22. The Morgan fingerprint density at radius 2 is 1.86 bits per heavy atom. The number of nitrogens with two attached hydrogens (primary N) is 1. The van der Waals surface area contributed by atoms with Crippen LogP contribution in [0.2, 0.25) is 5.02 Å². The Labute approximate surface area is 130 Å². The largest absolute Gasteiger partial charge is 0.492 e. The monoisotopic (exact) mass is 311 g/mol. The number of hydrogen-bond donors (Lipinski definition) is 1. The molecule has 6 heteroatoms. The van der Waals surface area contributed by atoms with Gasteiger partial charge in [0.1, 0.15) is 12.4 Å². The maximum Gasteiger partial charge on any atom is 0.223 e. The second-order valence-corrected chi connectivity index (χ2v) is 5.50. The molecular weight excluding hydrogens is 290 g/mol. The summed E-state index contributed by atoms with van der Waals surface area (Å²) < 4.78 is 5.68. The van der Waals surface area contributed by atoms with Gasteiger partial charge in [-0.1, -0.05) is 11.6 Å². The van der Waals surface area contributed by atoms with Crippen molar-refractivity contribution in [2.75, 3.05) is 45.9 Å². The van der Waals surface area contributed by atoms with E-state index in [1.54, 1.807) is 0 Å². The molecule has 1 amide bonds. The average Bonchev–Trinajstić information content (AvgIpc) is 2.50. The van der Waals surface area contributed by atoms with Crippen molar-refractivity contribution < 1.29 is 9.53 Å². The SMILES string of the molecule is NCCC(=O)N1CCN(CCOc2ccc(Cl)cc2)CC1. The third kappa shape index (κ3) is 5.19. The molecule has 0 saturated carbocycles. The van der Waals surface area contributed by atoms with E-state index < -0.39 is 0 Å². The number of hydrogen-bond acceptors (Lipinski definition) is 4. The van der Waals surface area contributed by atoms with Gasteiger partial charge in [-0.05, 0) is 24.3 Å². The van der Waals surface area contributed by atoms with Gasteiger partial charge >= 0.3 is 0 Å². The minimum Gasteiger partial charge on any atom is -0.492 e. The zero-order valence-electron chi connectivity index (χ0n) is 12.1. The highest BCUT2D eigenvalue weighted by atomic mass is 35.5. The van der Waals surface area contributed by atoms with E-state index in [0.29, 0.717) is 24.6 Å². The molecule has 1 aromatic carbocycles. The number of amides is 1. The molecule has 2 rings (SSSR count). The molecule has 0 bridgehead atoms. The lowest BCUT2D eigenvalue weighted by atomic mass is 10.2. The molecule has 1 saturated heterocycles. The molecule has 1 aromatic rings. The minimum atomic E-state index is 0.162. The quantitative estimate of drug-likeness (QED) is 0.858. The molecule has 0 atom stereocenters. The standard InChI is InChI=1S/C15H22ClN3O2/c16-13-1-3-14(4-2-13)21-12-11-18-7-9-19(10-8-18)15(20)5-6-17/h1-4H,5-12,17H2. The number of carbonyl (C=O) groups is 1. The number of benzene rings is 1. The summed E-state index contributed by atoms with van der Waals surface area (Å²) in [5.41, 5.74) is 5.41. The van der Waals surface area contributed by atoms with Gasteiger partial charge in [-0.25, -0.2) is 0 Å². The molecule has 2 N–H and O–H groups in total. The van der Waals surface area contributed by atoms with Crippen LogP contribution < -0.4 is 10.5 Å². The second-order valence-electron chi connectivity index (χ2n) is 5.06. The van der Waals surface area contributed by atoms with E-state index in [-0.39, 0.29) is 5.91 Å². The fourth-order valence-corrected chi connectivity index (χ4v) is 2.45. The molecule has 0 unspecified atom stereocenters. The molecule has 0 radical (unpaired) electrons. The van der Waals surface area contributed by atoms with Crippen LogP contribution in [0.4, 0.5) is 0 Å². The zero-order chi connectivity index (χ0) is 15.1. The molecule has 5 nitrogen and oxygen atoms in total. The van der Waals surface area contributed by atoms with Gasteiger partial charge in [0.15, 0.2) is 0 Å². The smallest absolute Gasteiger partial charge is 0.223 e.